The number of amides is 1. The summed E-state index contributed by atoms with van der Waals surface area (Å²) in [5.74, 6) is 1.40. The smallest absolute Gasteiger partial charge is 0.303 e. The Labute approximate surface area is 107 Å². The number of nitrogens with zero attached hydrogens (tertiary/aromatic N) is 1. The zero-order valence-corrected chi connectivity index (χ0v) is 10.5. The molecule has 5 heteroatoms. The fourth-order valence-electron chi connectivity index (χ4n) is 2.31. The van der Waals surface area contributed by atoms with Crippen molar-refractivity contribution in [2.24, 2.45) is 5.73 Å². The summed E-state index contributed by atoms with van der Waals surface area (Å²) in [6.45, 7) is 0.654. The van der Waals surface area contributed by atoms with E-state index in [1.54, 1.807) is 4.90 Å². The van der Waals surface area contributed by atoms with Crippen molar-refractivity contribution in [3.63, 3.8) is 0 Å². The zero-order chi connectivity index (χ0) is 13.5. The predicted molar refractivity (Wildman–Crippen MR) is 67.6 cm³/mol. The molecule has 0 aromatic rings. The number of hydrogen-bond donors (Lipinski definition) is 2. The molecular formula is C13H20N2O3. The van der Waals surface area contributed by atoms with Gasteiger partial charge in [0.05, 0.1) is 6.04 Å². The first kappa shape index (κ1) is 14.5. The molecule has 1 aliphatic heterocycles. The molecule has 0 saturated carbocycles. The number of piperidine rings is 1. The number of hydrogen-bond acceptors (Lipinski definition) is 3. The highest BCUT2D eigenvalue weighted by Gasteiger charge is 2.29. The number of terminal acetylenes is 1. The summed E-state index contributed by atoms with van der Waals surface area (Å²) in [6.07, 6.45) is 8.76. The molecule has 0 radical (unpaired) electrons. The molecule has 0 bridgehead atoms. The highest BCUT2D eigenvalue weighted by molar-refractivity contribution is 5.82. The summed E-state index contributed by atoms with van der Waals surface area (Å²) >= 11 is 0. The minimum absolute atomic E-state index is 0.00817. The molecule has 1 fully saturated rings. The van der Waals surface area contributed by atoms with Crippen molar-refractivity contribution in [3.05, 3.63) is 0 Å². The van der Waals surface area contributed by atoms with E-state index in [1.807, 2.05) is 0 Å². The van der Waals surface area contributed by atoms with Crippen LogP contribution >= 0.6 is 0 Å². The topological polar surface area (TPSA) is 83.6 Å². The molecule has 1 heterocycles. The highest BCUT2D eigenvalue weighted by Crippen LogP contribution is 2.21. The fraction of sp³-hybridized carbons (Fsp3) is 0.692. The van der Waals surface area contributed by atoms with Gasteiger partial charge < -0.3 is 15.7 Å². The van der Waals surface area contributed by atoms with Crippen LogP contribution in [0, 0.1) is 12.3 Å². The summed E-state index contributed by atoms with van der Waals surface area (Å²) in [6, 6.07) is -0.674. The number of carbonyl (C=O) groups is 2. The van der Waals surface area contributed by atoms with Crippen molar-refractivity contribution < 1.29 is 14.7 Å². The summed E-state index contributed by atoms with van der Waals surface area (Å²) < 4.78 is 0. The van der Waals surface area contributed by atoms with Crippen molar-refractivity contribution in [2.45, 2.75) is 50.6 Å². The van der Waals surface area contributed by atoms with Crippen LogP contribution in [0.2, 0.25) is 0 Å². The SMILES string of the molecule is C#CCC(N)C(=O)N1CCCCC1CCC(=O)O. The first-order valence-corrected chi connectivity index (χ1v) is 6.27. The van der Waals surface area contributed by atoms with Crippen LogP contribution in [0.1, 0.15) is 38.5 Å². The van der Waals surface area contributed by atoms with Gasteiger partial charge >= 0.3 is 5.97 Å². The molecule has 18 heavy (non-hydrogen) atoms. The quantitative estimate of drug-likeness (QED) is 0.701. The van der Waals surface area contributed by atoms with Crippen LogP contribution in [0.5, 0.6) is 0 Å². The Kier molecular flexibility index (Phi) is 5.66. The lowest BCUT2D eigenvalue weighted by Crippen LogP contribution is -2.50. The number of rotatable bonds is 5. The lowest BCUT2D eigenvalue weighted by molar-refractivity contribution is -0.140. The van der Waals surface area contributed by atoms with Gasteiger partial charge in [-0.3, -0.25) is 9.59 Å². The van der Waals surface area contributed by atoms with Crippen molar-refractivity contribution in [1.82, 2.24) is 4.90 Å². The van der Waals surface area contributed by atoms with E-state index in [1.165, 1.54) is 0 Å². The van der Waals surface area contributed by atoms with Crippen LogP contribution in [0.4, 0.5) is 0 Å². The lowest BCUT2D eigenvalue weighted by atomic mass is 9.96. The Morgan fingerprint density at radius 3 is 2.83 bits per heavy atom. The van der Waals surface area contributed by atoms with Crippen LogP contribution in [0.3, 0.4) is 0 Å². The average Bonchev–Trinajstić information content (AvgIpc) is 2.36. The van der Waals surface area contributed by atoms with Gasteiger partial charge in [-0.25, -0.2) is 0 Å². The molecule has 1 aliphatic rings. The van der Waals surface area contributed by atoms with E-state index < -0.39 is 12.0 Å². The average molecular weight is 252 g/mol. The Hall–Kier alpha value is -1.54. The van der Waals surface area contributed by atoms with Crippen molar-refractivity contribution in [1.29, 1.82) is 0 Å². The number of nitrogens with two attached hydrogens (primary N) is 1. The van der Waals surface area contributed by atoms with Crippen LogP contribution in [0.25, 0.3) is 0 Å². The molecule has 100 valence electrons. The van der Waals surface area contributed by atoms with Gasteiger partial charge in [0.2, 0.25) is 5.91 Å². The second-order valence-corrected chi connectivity index (χ2v) is 4.63. The first-order valence-electron chi connectivity index (χ1n) is 6.27. The summed E-state index contributed by atoms with van der Waals surface area (Å²) in [5.41, 5.74) is 5.73. The Morgan fingerprint density at radius 2 is 2.22 bits per heavy atom. The Bertz CT molecular complexity index is 349. The molecule has 3 N–H and O–H groups in total. The standard InChI is InChI=1S/C13H20N2O3/c1-2-5-11(14)13(18)15-9-4-3-6-10(15)7-8-12(16)17/h1,10-11H,3-9,14H2,(H,16,17). The van der Waals surface area contributed by atoms with Gasteiger partial charge in [-0.2, -0.15) is 0 Å². The second-order valence-electron chi connectivity index (χ2n) is 4.63. The molecule has 1 saturated heterocycles. The van der Waals surface area contributed by atoms with E-state index >= 15 is 0 Å². The molecule has 2 unspecified atom stereocenters. The maximum absolute atomic E-state index is 12.1. The van der Waals surface area contributed by atoms with Gasteiger partial charge in [0.1, 0.15) is 0 Å². The van der Waals surface area contributed by atoms with E-state index in [0.29, 0.717) is 13.0 Å². The molecule has 2 atom stereocenters. The number of carboxylic acids is 1. The summed E-state index contributed by atoms with van der Waals surface area (Å²) in [5, 5.41) is 8.71. The molecule has 0 aliphatic carbocycles. The normalized spacial score (nSPS) is 21.1. The highest BCUT2D eigenvalue weighted by atomic mass is 16.4. The molecule has 0 aromatic carbocycles. The van der Waals surface area contributed by atoms with Crippen molar-refractivity contribution in [3.8, 4) is 12.3 Å². The Balaban J connectivity index is 2.61. The van der Waals surface area contributed by atoms with Gasteiger partial charge in [-0.05, 0) is 25.7 Å². The lowest BCUT2D eigenvalue weighted by Gasteiger charge is -2.37. The molecule has 1 rings (SSSR count). The van der Waals surface area contributed by atoms with Crippen LogP contribution in [-0.2, 0) is 9.59 Å². The number of carbonyl (C=O) groups excluding carboxylic acids is 1. The van der Waals surface area contributed by atoms with Crippen molar-refractivity contribution >= 4 is 11.9 Å². The Morgan fingerprint density at radius 1 is 1.50 bits per heavy atom. The monoisotopic (exact) mass is 252 g/mol. The molecule has 0 aromatic heterocycles. The van der Waals surface area contributed by atoms with Gasteiger partial charge in [0, 0.05) is 25.4 Å². The minimum Gasteiger partial charge on any atom is -0.481 e. The third kappa shape index (κ3) is 4.04. The number of likely N-dealkylation sites (tertiary alicyclic amines) is 1. The van der Waals surface area contributed by atoms with Crippen LogP contribution < -0.4 is 5.73 Å². The van der Waals surface area contributed by atoms with E-state index in [2.05, 4.69) is 5.92 Å². The molecule has 0 spiro atoms. The van der Waals surface area contributed by atoms with E-state index in [9.17, 15) is 9.59 Å². The summed E-state index contributed by atoms with van der Waals surface area (Å²) in [7, 11) is 0. The van der Waals surface area contributed by atoms with E-state index in [-0.39, 0.29) is 24.8 Å². The van der Waals surface area contributed by atoms with Gasteiger partial charge in [-0.1, -0.05) is 0 Å². The predicted octanol–water partition coefficient (Wildman–Crippen LogP) is 0.583. The number of carboxylic acid groups (broad SMARTS) is 1. The van der Waals surface area contributed by atoms with Crippen LogP contribution in [-0.4, -0.2) is 40.5 Å². The van der Waals surface area contributed by atoms with Gasteiger partial charge in [0.25, 0.3) is 0 Å². The maximum Gasteiger partial charge on any atom is 0.303 e. The molecular weight excluding hydrogens is 232 g/mol. The minimum atomic E-state index is -0.833. The summed E-state index contributed by atoms with van der Waals surface area (Å²) in [4.78, 5) is 24.4. The van der Waals surface area contributed by atoms with E-state index in [0.717, 1.165) is 19.3 Å². The first-order chi connectivity index (χ1) is 8.56. The van der Waals surface area contributed by atoms with E-state index in [4.69, 9.17) is 17.3 Å². The fourth-order valence-corrected chi connectivity index (χ4v) is 2.31. The third-order valence-electron chi connectivity index (χ3n) is 3.26. The molecule has 1 amide bonds. The largest absolute Gasteiger partial charge is 0.481 e. The van der Waals surface area contributed by atoms with Gasteiger partial charge in [0.15, 0.2) is 0 Å². The van der Waals surface area contributed by atoms with Crippen molar-refractivity contribution in [2.75, 3.05) is 6.54 Å². The maximum atomic E-state index is 12.1. The third-order valence-corrected chi connectivity index (χ3v) is 3.26. The van der Waals surface area contributed by atoms with Gasteiger partial charge in [-0.15, -0.1) is 12.3 Å². The number of aliphatic carboxylic acids is 1. The zero-order valence-electron chi connectivity index (χ0n) is 10.5. The molecule has 5 nitrogen and oxygen atoms in total. The second kappa shape index (κ2) is 7.02. The van der Waals surface area contributed by atoms with Crippen LogP contribution in [0.15, 0.2) is 0 Å².